The maximum absolute atomic E-state index is 11.0. The second-order valence-electron chi connectivity index (χ2n) is 5.02. The third kappa shape index (κ3) is 4.33. The highest BCUT2D eigenvalue weighted by Crippen LogP contribution is 2.23. The van der Waals surface area contributed by atoms with Gasteiger partial charge in [-0.05, 0) is 45.7 Å². The number of carbonyl (C=O) groups is 1. The molecule has 88 valence electrons. The first kappa shape index (κ1) is 12.7. The Hall–Kier alpha value is -0.370. The van der Waals surface area contributed by atoms with Crippen LogP contribution in [0.4, 0.5) is 0 Å². The fourth-order valence-electron chi connectivity index (χ4n) is 2.64. The quantitative estimate of drug-likeness (QED) is 0.697. The van der Waals surface area contributed by atoms with E-state index in [1.165, 1.54) is 38.8 Å². The zero-order valence-corrected chi connectivity index (χ0v) is 10.5. The Morgan fingerprint density at radius 1 is 1.40 bits per heavy atom. The molecule has 1 fully saturated rings. The van der Waals surface area contributed by atoms with Gasteiger partial charge in [0.05, 0.1) is 0 Å². The lowest BCUT2D eigenvalue weighted by Gasteiger charge is -2.35. The standard InChI is InChI=1S/C13H25NO/c1-4-5-13-6-8-14(9-7-13)11(2)10-12(3)15/h11,13H,4-10H2,1-3H3. The third-order valence-electron chi connectivity index (χ3n) is 3.55. The van der Waals surface area contributed by atoms with Crippen LogP contribution in [0, 0.1) is 5.92 Å². The van der Waals surface area contributed by atoms with Crippen LogP contribution in [0.5, 0.6) is 0 Å². The SMILES string of the molecule is CCCC1CCN(C(C)CC(C)=O)CC1. The Labute approximate surface area is 94.0 Å². The summed E-state index contributed by atoms with van der Waals surface area (Å²) in [6, 6.07) is 0.449. The van der Waals surface area contributed by atoms with Crippen LogP contribution in [0.15, 0.2) is 0 Å². The predicted octanol–water partition coefficient (Wildman–Crippen LogP) is 2.87. The highest BCUT2D eigenvalue weighted by Gasteiger charge is 2.22. The number of carbonyl (C=O) groups excluding carboxylic acids is 1. The summed E-state index contributed by atoms with van der Waals surface area (Å²) in [6.07, 6.45) is 6.08. The second-order valence-corrected chi connectivity index (χ2v) is 5.02. The molecule has 1 atom stereocenters. The highest BCUT2D eigenvalue weighted by atomic mass is 16.1. The number of piperidine rings is 1. The Morgan fingerprint density at radius 3 is 2.47 bits per heavy atom. The number of hydrogen-bond donors (Lipinski definition) is 0. The average molecular weight is 211 g/mol. The first-order valence-electron chi connectivity index (χ1n) is 6.37. The molecule has 1 saturated heterocycles. The normalized spacial score (nSPS) is 21.5. The van der Waals surface area contributed by atoms with Crippen LogP contribution in [-0.4, -0.2) is 29.8 Å². The minimum atomic E-state index is 0.318. The molecule has 1 aliphatic heterocycles. The smallest absolute Gasteiger partial charge is 0.131 e. The van der Waals surface area contributed by atoms with Gasteiger partial charge in [0.1, 0.15) is 5.78 Å². The number of likely N-dealkylation sites (tertiary alicyclic amines) is 1. The lowest BCUT2D eigenvalue weighted by atomic mass is 9.91. The number of nitrogens with zero attached hydrogens (tertiary/aromatic N) is 1. The van der Waals surface area contributed by atoms with Gasteiger partial charge < -0.3 is 4.90 Å². The van der Waals surface area contributed by atoms with E-state index in [0.717, 1.165) is 12.3 Å². The van der Waals surface area contributed by atoms with Crippen molar-refractivity contribution in [2.75, 3.05) is 13.1 Å². The molecule has 2 nitrogen and oxygen atoms in total. The van der Waals surface area contributed by atoms with E-state index in [9.17, 15) is 4.79 Å². The summed E-state index contributed by atoms with van der Waals surface area (Å²) in [5.41, 5.74) is 0. The molecule has 0 amide bonds. The molecule has 2 heteroatoms. The maximum Gasteiger partial charge on any atom is 0.131 e. The summed E-state index contributed by atoms with van der Waals surface area (Å²) in [7, 11) is 0. The van der Waals surface area contributed by atoms with E-state index < -0.39 is 0 Å². The molecule has 0 aromatic heterocycles. The van der Waals surface area contributed by atoms with Gasteiger partial charge in [-0.25, -0.2) is 0 Å². The van der Waals surface area contributed by atoms with E-state index in [0.29, 0.717) is 11.8 Å². The van der Waals surface area contributed by atoms with Gasteiger partial charge in [0, 0.05) is 12.5 Å². The molecule has 0 bridgehead atoms. The first-order chi connectivity index (χ1) is 7.13. The van der Waals surface area contributed by atoms with Gasteiger partial charge in [0.25, 0.3) is 0 Å². The molecular weight excluding hydrogens is 186 g/mol. The van der Waals surface area contributed by atoms with Gasteiger partial charge in [0.15, 0.2) is 0 Å². The van der Waals surface area contributed by atoms with Gasteiger partial charge in [-0.2, -0.15) is 0 Å². The fraction of sp³-hybridized carbons (Fsp3) is 0.923. The molecule has 0 aliphatic carbocycles. The summed E-state index contributed by atoms with van der Waals surface area (Å²) in [5.74, 6) is 1.26. The maximum atomic E-state index is 11.0. The number of rotatable bonds is 5. The van der Waals surface area contributed by atoms with Crippen LogP contribution in [0.2, 0.25) is 0 Å². The van der Waals surface area contributed by atoms with Crippen molar-refractivity contribution in [2.24, 2.45) is 5.92 Å². The molecule has 0 N–H and O–H groups in total. The van der Waals surface area contributed by atoms with Crippen molar-refractivity contribution >= 4 is 5.78 Å². The highest BCUT2D eigenvalue weighted by molar-refractivity contribution is 5.76. The van der Waals surface area contributed by atoms with Crippen molar-refractivity contribution in [3.63, 3.8) is 0 Å². The number of ketones is 1. The Balaban J connectivity index is 2.27. The van der Waals surface area contributed by atoms with Crippen LogP contribution >= 0.6 is 0 Å². The van der Waals surface area contributed by atoms with Crippen molar-refractivity contribution in [1.29, 1.82) is 0 Å². The molecule has 0 aromatic rings. The largest absolute Gasteiger partial charge is 0.300 e. The van der Waals surface area contributed by atoms with E-state index in [1.54, 1.807) is 6.92 Å². The van der Waals surface area contributed by atoms with Crippen molar-refractivity contribution in [1.82, 2.24) is 4.90 Å². The van der Waals surface area contributed by atoms with Gasteiger partial charge in [-0.15, -0.1) is 0 Å². The summed E-state index contributed by atoms with van der Waals surface area (Å²) in [5, 5.41) is 0. The van der Waals surface area contributed by atoms with Gasteiger partial charge in [-0.3, -0.25) is 4.79 Å². The lowest BCUT2D eigenvalue weighted by Crippen LogP contribution is -2.40. The van der Waals surface area contributed by atoms with E-state index in [1.807, 2.05) is 0 Å². The summed E-state index contributed by atoms with van der Waals surface area (Å²) in [6.45, 7) is 8.53. The monoisotopic (exact) mass is 211 g/mol. The lowest BCUT2D eigenvalue weighted by molar-refractivity contribution is -0.118. The molecule has 0 spiro atoms. The van der Waals surface area contributed by atoms with E-state index in [4.69, 9.17) is 0 Å². The van der Waals surface area contributed by atoms with Crippen LogP contribution in [0.25, 0.3) is 0 Å². The Kier molecular flexibility index (Phi) is 5.30. The minimum absolute atomic E-state index is 0.318. The third-order valence-corrected chi connectivity index (χ3v) is 3.55. The molecule has 0 radical (unpaired) electrons. The molecule has 1 aliphatic rings. The van der Waals surface area contributed by atoms with Gasteiger partial charge >= 0.3 is 0 Å². The van der Waals surface area contributed by atoms with E-state index in [2.05, 4.69) is 18.7 Å². The van der Waals surface area contributed by atoms with Crippen molar-refractivity contribution in [3.8, 4) is 0 Å². The second kappa shape index (κ2) is 6.26. The average Bonchev–Trinajstić information content (AvgIpc) is 2.18. The van der Waals surface area contributed by atoms with Gasteiger partial charge in [-0.1, -0.05) is 19.8 Å². The minimum Gasteiger partial charge on any atom is -0.300 e. The summed E-state index contributed by atoms with van der Waals surface area (Å²) >= 11 is 0. The molecule has 15 heavy (non-hydrogen) atoms. The molecule has 0 aromatic carbocycles. The Morgan fingerprint density at radius 2 is 2.00 bits per heavy atom. The van der Waals surface area contributed by atoms with Crippen LogP contribution in [-0.2, 0) is 4.79 Å². The number of hydrogen-bond acceptors (Lipinski definition) is 2. The van der Waals surface area contributed by atoms with Gasteiger partial charge in [0.2, 0.25) is 0 Å². The van der Waals surface area contributed by atoms with E-state index >= 15 is 0 Å². The van der Waals surface area contributed by atoms with Crippen molar-refractivity contribution in [3.05, 3.63) is 0 Å². The van der Waals surface area contributed by atoms with Crippen LogP contribution < -0.4 is 0 Å². The van der Waals surface area contributed by atoms with Crippen molar-refractivity contribution in [2.45, 2.75) is 58.9 Å². The summed E-state index contributed by atoms with van der Waals surface area (Å²) in [4.78, 5) is 13.5. The number of Topliss-reactive ketones (excluding diaryl/α,β-unsaturated/α-hetero) is 1. The Bertz CT molecular complexity index is 195. The predicted molar refractivity (Wildman–Crippen MR) is 64.0 cm³/mol. The van der Waals surface area contributed by atoms with E-state index in [-0.39, 0.29) is 0 Å². The molecular formula is C13H25NO. The molecule has 1 unspecified atom stereocenters. The zero-order chi connectivity index (χ0) is 11.3. The topological polar surface area (TPSA) is 20.3 Å². The van der Waals surface area contributed by atoms with Crippen LogP contribution in [0.1, 0.15) is 52.9 Å². The van der Waals surface area contributed by atoms with Crippen LogP contribution in [0.3, 0.4) is 0 Å². The molecule has 1 heterocycles. The molecule has 0 saturated carbocycles. The van der Waals surface area contributed by atoms with Crippen molar-refractivity contribution < 1.29 is 4.79 Å². The fourth-order valence-corrected chi connectivity index (χ4v) is 2.64. The summed E-state index contributed by atoms with van der Waals surface area (Å²) < 4.78 is 0. The molecule has 1 rings (SSSR count). The zero-order valence-electron chi connectivity index (χ0n) is 10.5. The first-order valence-corrected chi connectivity index (χ1v) is 6.37.